The van der Waals surface area contributed by atoms with Crippen molar-refractivity contribution < 1.29 is 22.5 Å². The summed E-state index contributed by atoms with van der Waals surface area (Å²) in [5.74, 6) is -4.09. The average Bonchev–Trinajstić information content (AvgIpc) is 3.06. The molecule has 0 aliphatic carbocycles. The summed E-state index contributed by atoms with van der Waals surface area (Å²) >= 11 is 0. The van der Waals surface area contributed by atoms with E-state index >= 15 is 0 Å². The van der Waals surface area contributed by atoms with Crippen LogP contribution in [0.3, 0.4) is 0 Å². The van der Waals surface area contributed by atoms with Crippen LogP contribution in [0.1, 0.15) is 32.6 Å². The Morgan fingerprint density at radius 3 is 2.65 bits per heavy atom. The Balaban J connectivity index is 1.83. The Kier molecular flexibility index (Phi) is 4.99. The number of amides is 1. The zero-order chi connectivity index (χ0) is 18.9. The molecule has 0 saturated carbocycles. The Morgan fingerprint density at radius 1 is 1.31 bits per heavy atom. The zero-order valence-corrected chi connectivity index (χ0v) is 14.5. The van der Waals surface area contributed by atoms with Crippen molar-refractivity contribution in [1.29, 1.82) is 0 Å². The van der Waals surface area contributed by atoms with Gasteiger partial charge in [0.15, 0.2) is 17.5 Å². The molecule has 2 heterocycles. The molecule has 26 heavy (non-hydrogen) atoms. The van der Waals surface area contributed by atoms with Crippen LogP contribution >= 0.6 is 0 Å². The lowest BCUT2D eigenvalue weighted by Crippen LogP contribution is -2.62. The van der Waals surface area contributed by atoms with Crippen LogP contribution in [0.5, 0.6) is 0 Å². The van der Waals surface area contributed by atoms with E-state index in [2.05, 4.69) is 15.5 Å². The van der Waals surface area contributed by atoms with Crippen molar-refractivity contribution in [1.82, 2.24) is 20.4 Å². The Bertz CT molecular complexity index is 803. The zero-order valence-electron chi connectivity index (χ0n) is 14.5. The minimum absolute atomic E-state index is 0.0240. The number of nitrogens with one attached hydrogen (secondary N) is 1. The van der Waals surface area contributed by atoms with Gasteiger partial charge in [-0.2, -0.15) is 4.98 Å². The molecule has 2 aromatic rings. The molecule has 0 spiro atoms. The highest BCUT2D eigenvalue weighted by Gasteiger charge is 2.41. The fourth-order valence-corrected chi connectivity index (χ4v) is 3.18. The number of rotatable bonds is 5. The third kappa shape index (κ3) is 3.31. The maximum absolute atomic E-state index is 13.4. The topological polar surface area (TPSA) is 71.3 Å². The van der Waals surface area contributed by atoms with Crippen LogP contribution in [0.15, 0.2) is 16.7 Å². The van der Waals surface area contributed by atoms with E-state index in [9.17, 15) is 18.0 Å². The fourth-order valence-electron chi connectivity index (χ4n) is 3.18. The Hall–Kier alpha value is -2.42. The van der Waals surface area contributed by atoms with Gasteiger partial charge in [-0.05, 0) is 25.5 Å². The van der Waals surface area contributed by atoms with Crippen LogP contribution < -0.4 is 5.32 Å². The van der Waals surface area contributed by atoms with Gasteiger partial charge in [-0.1, -0.05) is 18.5 Å². The van der Waals surface area contributed by atoms with E-state index in [0.29, 0.717) is 19.5 Å². The van der Waals surface area contributed by atoms with Gasteiger partial charge in [-0.15, -0.1) is 0 Å². The van der Waals surface area contributed by atoms with E-state index < -0.39 is 23.0 Å². The highest BCUT2D eigenvalue weighted by atomic mass is 19.2. The van der Waals surface area contributed by atoms with Gasteiger partial charge in [0.25, 0.3) is 0 Å². The SMILES string of the molecule is CCCC1(C)C(=O)NCCN1Cc1nc(-c2cc(F)c(F)c(F)c2)no1. The molecule has 1 amide bonds. The van der Waals surface area contributed by atoms with Crippen molar-refractivity contribution in [3.05, 3.63) is 35.5 Å². The number of nitrogens with zero attached hydrogens (tertiary/aromatic N) is 3. The summed E-state index contributed by atoms with van der Waals surface area (Å²) in [6, 6.07) is 1.62. The van der Waals surface area contributed by atoms with Crippen LogP contribution in [-0.2, 0) is 11.3 Å². The van der Waals surface area contributed by atoms with Crippen molar-refractivity contribution in [2.75, 3.05) is 13.1 Å². The molecule has 9 heteroatoms. The molecule has 140 valence electrons. The molecule has 1 unspecified atom stereocenters. The summed E-state index contributed by atoms with van der Waals surface area (Å²) in [7, 11) is 0. The standard InChI is InChI=1S/C17H19F3N4O2/c1-3-4-17(2)16(25)21-5-6-24(17)9-13-22-15(23-26-13)10-7-11(18)14(20)12(19)8-10/h7-8H,3-6,9H2,1-2H3,(H,21,25). The molecule has 1 aliphatic heterocycles. The molecule has 0 bridgehead atoms. The largest absolute Gasteiger partial charge is 0.353 e. The van der Waals surface area contributed by atoms with Gasteiger partial charge >= 0.3 is 0 Å². The Morgan fingerprint density at radius 2 is 2.00 bits per heavy atom. The molecule has 6 nitrogen and oxygen atoms in total. The Labute approximate surface area is 148 Å². The summed E-state index contributed by atoms with van der Waals surface area (Å²) in [6.45, 7) is 5.19. The summed E-state index contributed by atoms with van der Waals surface area (Å²) in [5, 5.41) is 6.56. The molecule has 1 atom stereocenters. The van der Waals surface area contributed by atoms with E-state index in [4.69, 9.17) is 4.52 Å². The maximum atomic E-state index is 13.4. The number of halogens is 3. The number of piperazine rings is 1. The first-order valence-electron chi connectivity index (χ1n) is 8.36. The molecular formula is C17H19F3N4O2. The normalized spacial score (nSPS) is 21.0. The van der Waals surface area contributed by atoms with Crippen molar-refractivity contribution in [2.24, 2.45) is 0 Å². The van der Waals surface area contributed by atoms with Gasteiger partial charge in [0.2, 0.25) is 17.6 Å². The first kappa shape index (κ1) is 18.4. The van der Waals surface area contributed by atoms with Gasteiger partial charge < -0.3 is 9.84 Å². The van der Waals surface area contributed by atoms with Gasteiger partial charge in [-0.3, -0.25) is 9.69 Å². The smallest absolute Gasteiger partial charge is 0.241 e. The lowest BCUT2D eigenvalue weighted by molar-refractivity contribution is -0.137. The highest BCUT2D eigenvalue weighted by Crippen LogP contribution is 2.27. The maximum Gasteiger partial charge on any atom is 0.241 e. The lowest BCUT2D eigenvalue weighted by Gasteiger charge is -2.42. The van der Waals surface area contributed by atoms with Crippen LogP contribution in [0.4, 0.5) is 13.2 Å². The van der Waals surface area contributed by atoms with Crippen molar-refractivity contribution in [3.63, 3.8) is 0 Å². The second-order valence-corrected chi connectivity index (χ2v) is 6.47. The average molecular weight is 368 g/mol. The third-order valence-electron chi connectivity index (χ3n) is 4.63. The molecule has 1 N–H and O–H groups in total. The predicted molar refractivity (Wildman–Crippen MR) is 86.3 cm³/mol. The van der Waals surface area contributed by atoms with Gasteiger partial charge in [0.1, 0.15) is 0 Å². The molecular weight excluding hydrogens is 349 g/mol. The number of hydrogen-bond acceptors (Lipinski definition) is 5. The van der Waals surface area contributed by atoms with Crippen molar-refractivity contribution in [3.8, 4) is 11.4 Å². The van der Waals surface area contributed by atoms with Crippen LogP contribution in [-0.4, -0.2) is 39.6 Å². The van der Waals surface area contributed by atoms with Crippen molar-refractivity contribution in [2.45, 2.75) is 38.8 Å². The minimum atomic E-state index is -1.55. The number of benzene rings is 1. The van der Waals surface area contributed by atoms with Gasteiger partial charge in [-0.25, -0.2) is 13.2 Å². The molecule has 1 aromatic carbocycles. The number of aromatic nitrogens is 2. The molecule has 1 fully saturated rings. The van der Waals surface area contributed by atoms with E-state index in [-0.39, 0.29) is 29.7 Å². The van der Waals surface area contributed by atoms with Gasteiger partial charge in [0, 0.05) is 18.7 Å². The third-order valence-corrected chi connectivity index (χ3v) is 4.63. The second kappa shape index (κ2) is 7.06. The molecule has 1 aromatic heterocycles. The molecule has 0 radical (unpaired) electrons. The van der Waals surface area contributed by atoms with Crippen LogP contribution in [0.2, 0.25) is 0 Å². The fraction of sp³-hybridized carbons (Fsp3) is 0.471. The highest BCUT2D eigenvalue weighted by molar-refractivity contribution is 5.86. The monoisotopic (exact) mass is 368 g/mol. The molecule has 3 rings (SSSR count). The minimum Gasteiger partial charge on any atom is -0.353 e. The second-order valence-electron chi connectivity index (χ2n) is 6.47. The van der Waals surface area contributed by atoms with E-state index in [1.807, 2.05) is 18.7 Å². The van der Waals surface area contributed by atoms with Crippen LogP contribution in [0.25, 0.3) is 11.4 Å². The van der Waals surface area contributed by atoms with Crippen LogP contribution in [0, 0.1) is 17.5 Å². The van der Waals surface area contributed by atoms with Crippen molar-refractivity contribution >= 4 is 5.91 Å². The van der Waals surface area contributed by atoms with Gasteiger partial charge in [0.05, 0.1) is 12.1 Å². The number of carbonyl (C=O) groups excluding carboxylic acids is 1. The predicted octanol–water partition coefficient (Wildman–Crippen LogP) is 2.64. The van der Waals surface area contributed by atoms with E-state index in [1.54, 1.807) is 0 Å². The summed E-state index contributed by atoms with van der Waals surface area (Å²) in [5.41, 5.74) is -0.723. The summed E-state index contributed by atoms with van der Waals surface area (Å²) in [6.07, 6.45) is 1.48. The van der Waals surface area contributed by atoms with E-state index in [0.717, 1.165) is 18.6 Å². The first-order valence-corrected chi connectivity index (χ1v) is 8.36. The summed E-state index contributed by atoms with van der Waals surface area (Å²) in [4.78, 5) is 18.4. The first-order chi connectivity index (χ1) is 12.3. The molecule has 1 saturated heterocycles. The quantitative estimate of drug-likeness (QED) is 0.822. The summed E-state index contributed by atoms with van der Waals surface area (Å²) < 4.78 is 45.0. The van der Waals surface area contributed by atoms with E-state index in [1.165, 1.54) is 0 Å². The number of hydrogen-bond donors (Lipinski definition) is 1. The lowest BCUT2D eigenvalue weighted by atomic mass is 9.90. The molecule has 1 aliphatic rings. The number of carbonyl (C=O) groups is 1.